The average Bonchev–Trinajstić information content (AvgIpc) is 2.58. The van der Waals surface area contributed by atoms with E-state index in [2.05, 4.69) is 4.72 Å². The third-order valence-corrected chi connectivity index (χ3v) is 5.94. The summed E-state index contributed by atoms with van der Waals surface area (Å²) in [6.07, 6.45) is -1.17. The molecule has 2 atom stereocenters. The molecule has 1 heterocycles. The van der Waals surface area contributed by atoms with E-state index in [4.69, 9.17) is 21.6 Å². The number of benzene rings is 2. The Bertz CT molecular complexity index is 998. The molecular formula is C18H17ClN2O4S. The number of ether oxygens (including phenoxy) is 1. The number of hydrogen-bond donors (Lipinski definition) is 2. The molecule has 0 unspecified atom stereocenters. The molecule has 0 aliphatic carbocycles. The van der Waals surface area contributed by atoms with Crippen molar-refractivity contribution in [2.75, 3.05) is 0 Å². The summed E-state index contributed by atoms with van der Waals surface area (Å²) < 4.78 is 33.9. The standard InChI is InChI=1S/C18H17ClN2O4S/c1-18(2)17(22)16(14-8-11(10-20)6-7-15(14)25-18)21-26(23,24)13-5-3-4-12(19)9-13/h3-9,16-17,21-22H,1-2H3/t16-,17+/m1/s1. The number of nitrogens with zero attached hydrogens (tertiary/aromatic N) is 1. The van der Waals surface area contributed by atoms with E-state index in [1.54, 1.807) is 32.0 Å². The predicted octanol–water partition coefficient (Wildman–Crippen LogP) is 2.76. The number of fused-ring (bicyclic) bond motifs is 1. The lowest BCUT2D eigenvalue weighted by atomic mass is 9.86. The van der Waals surface area contributed by atoms with Gasteiger partial charge < -0.3 is 9.84 Å². The molecule has 0 bridgehead atoms. The van der Waals surface area contributed by atoms with Crippen molar-refractivity contribution in [2.24, 2.45) is 0 Å². The first-order valence-electron chi connectivity index (χ1n) is 7.83. The molecule has 3 rings (SSSR count). The lowest BCUT2D eigenvalue weighted by Gasteiger charge is -2.42. The van der Waals surface area contributed by atoms with Gasteiger partial charge in [-0.1, -0.05) is 17.7 Å². The van der Waals surface area contributed by atoms with Crippen LogP contribution in [0.4, 0.5) is 0 Å². The highest BCUT2D eigenvalue weighted by Crippen LogP contribution is 2.40. The van der Waals surface area contributed by atoms with Crippen LogP contribution in [0.15, 0.2) is 47.4 Å². The van der Waals surface area contributed by atoms with Crippen molar-refractivity contribution in [3.05, 3.63) is 58.6 Å². The lowest BCUT2D eigenvalue weighted by Crippen LogP contribution is -2.53. The minimum atomic E-state index is -3.96. The Labute approximate surface area is 157 Å². The fourth-order valence-electron chi connectivity index (χ4n) is 2.87. The van der Waals surface area contributed by atoms with Gasteiger partial charge in [0.05, 0.1) is 22.6 Å². The van der Waals surface area contributed by atoms with E-state index in [0.717, 1.165) is 0 Å². The summed E-state index contributed by atoms with van der Waals surface area (Å²) in [6.45, 7) is 3.33. The van der Waals surface area contributed by atoms with E-state index in [1.165, 1.54) is 24.3 Å². The normalized spacial score (nSPS) is 21.3. The maximum atomic E-state index is 12.8. The molecule has 2 aromatic carbocycles. The minimum Gasteiger partial charge on any atom is -0.485 e. The van der Waals surface area contributed by atoms with Crippen LogP contribution in [0.2, 0.25) is 5.02 Å². The molecule has 26 heavy (non-hydrogen) atoms. The zero-order valence-corrected chi connectivity index (χ0v) is 15.7. The first-order chi connectivity index (χ1) is 12.1. The Morgan fingerprint density at radius 2 is 2.00 bits per heavy atom. The van der Waals surface area contributed by atoms with Crippen LogP contribution >= 0.6 is 11.6 Å². The monoisotopic (exact) mass is 392 g/mol. The molecule has 0 spiro atoms. The number of hydrogen-bond acceptors (Lipinski definition) is 5. The Hall–Kier alpha value is -2.11. The van der Waals surface area contributed by atoms with Crippen molar-refractivity contribution in [3.8, 4) is 11.8 Å². The minimum absolute atomic E-state index is 0.0144. The molecule has 0 fully saturated rings. The van der Waals surface area contributed by atoms with Crippen LogP contribution in [0.1, 0.15) is 31.0 Å². The van der Waals surface area contributed by atoms with Crippen LogP contribution in [0.25, 0.3) is 0 Å². The topological polar surface area (TPSA) is 99.4 Å². The van der Waals surface area contributed by atoms with E-state index in [9.17, 15) is 13.5 Å². The molecular weight excluding hydrogens is 376 g/mol. The lowest BCUT2D eigenvalue weighted by molar-refractivity contribution is -0.0603. The third kappa shape index (κ3) is 3.41. The van der Waals surface area contributed by atoms with Crippen molar-refractivity contribution in [1.29, 1.82) is 5.26 Å². The summed E-state index contributed by atoms with van der Waals surface area (Å²) in [7, 11) is -3.96. The van der Waals surface area contributed by atoms with E-state index in [-0.39, 0.29) is 9.92 Å². The van der Waals surface area contributed by atoms with E-state index in [1.807, 2.05) is 6.07 Å². The summed E-state index contributed by atoms with van der Waals surface area (Å²) in [4.78, 5) is -0.0144. The van der Waals surface area contributed by atoms with Gasteiger partial charge in [0.2, 0.25) is 10.0 Å². The second-order valence-electron chi connectivity index (χ2n) is 6.57. The van der Waals surface area contributed by atoms with Gasteiger partial charge in [-0.3, -0.25) is 0 Å². The largest absolute Gasteiger partial charge is 0.485 e. The molecule has 1 aliphatic rings. The van der Waals surface area contributed by atoms with Crippen molar-refractivity contribution < 1.29 is 18.3 Å². The Morgan fingerprint density at radius 3 is 2.65 bits per heavy atom. The smallest absolute Gasteiger partial charge is 0.241 e. The molecule has 0 aromatic heterocycles. The summed E-state index contributed by atoms with van der Waals surface area (Å²) in [5.74, 6) is 0.415. The van der Waals surface area contributed by atoms with Crippen LogP contribution in [-0.4, -0.2) is 25.2 Å². The second-order valence-corrected chi connectivity index (χ2v) is 8.72. The van der Waals surface area contributed by atoms with Gasteiger partial charge >= 0.3 is 0 Å². The SMILES string of the molecule is CC1(C)Oc2ccc(C#N)cc2[C@@H](NS(=O)(=O)c2cccc(Cl)c2)[C@@H]1O. The first-order valence-corrected chi connectivity index (χ1v) is 9.69. The average molecular weight is 393 g/mol. The van der Waals surface area contributed by atoms with Gasteiger partial charge in [-0.2, -0.15) is 5.26 Å². The van der Waals surface area contributed by atoms with Crippen molar-refractivity contribution in [1.82, 2.24) is 4.72 Å². The zero-order chi connectivity index (χ0) is 19.1. The predicted molar refractivity (Wildman–Crippen MR) is 96.4 cm³/mol. The number of nitrogens with one attached hydrogen (secondary N) is 1. The number of rotatable bonds is 3. The second kappa shape index (κ2) is 6.56. The maximum absolute atomic E-state index is 12.8. The summed E-state index contributed by atoms with van der Waals surface area (Å²) in [5.41, 5.74) is -0.282. The number of aliphatic hydroxyl groups excluding tert-OH is 1. The number of sulfonamides is 1. The molecule has 2 N–H and O–H groups in total. The number of halogens is 1. The quantitative estimate of drug-likeness (QED) is 0.836. The van der Waals surface area contributed by atoms with Crippen LogP contribution in [0.3, 0.4) is 0 Å². The molecule has 1 aliphatic heterocycles. The Balaban J connectivity index is 2.07. The van der Waals surface area contributed by atoms with Gasteiger partial charge in [-0.25, -0.2) is 13.1 Å². The molecule has 0 amide bonds. The molecule has 0 saturated carbocycles. The molecule has 2 aromatic rings. The van der Waals surface area contributed by atoms with Gasteiger partial charge in [-0.15, -0.1) is 0 Å². The van der Waals surface area contributed by atoms with Gasteiger partial charge in [0, 0.05) is 10.6 Å². The third-order valence-electron chi connectivity index (χ3n) is 4.26. The molecule has 6 nitrogen and oxygen atoms in total. The number of aliphatic hydroxyl groups is 1. The zero-order valence-electron chi connectivity index (χ0n) is 14.1. The summed E-state index contributed by atoms with van der Waals surface area (Å²) in [6, 6.07) is 11.6. The Morgan fingerprint density at radius 1 is 1.27 bits per heavy atom. The summed E-state index contributed by atoms with van der Waals surface area (Å²) in [5, 5.41) is 20.1. The van der Waals surface area contributed by atoms with Crippen LogP contribution in [0, 0.1) is 11.3 Å². The highest BCUT2D eigenvalue weighted by atomic mass is 35.5. The van der Waals surface area contributed by atoms with Crippen molar-refractivity contribution in [2.45, 2.75) is 36.5 Å². The van der Waals surface area contributed by atoms with E-state index < -0.39 is 27.8 Å². The molecule has 0 radical (unpaired) electrons. The highest BCUT2D eigenvalue weighted by molar-refractivity contribution is 7.89. The fraction of sp³-hybridized carbons (Fsp3) is 0.278. The number of nitriles is 1. The van der Waals surface area contributed by atoms with Crippen LogP contribution in [-0.2, 0) is 10.0 Å². The van der Waals surface area contributed by atoms with E-state index in [0.29, 0.717) is 16.9 Å². The molecule has 8 heteroatoms. The fourth-order valence-corrected chi connectivity index (χ4v) is 4.39. The van der Waals surface area contributed by atoms with E-state index >= 15 is 0 Å². The van der Waals surface area contributed by atoms with Gasteiger partial charge in [0.1, 0.15) is 17.5 Å². The summed E-state index contributed by atoms with van der Waals surface area (Å²) >= 11 is 5.89. The van der Waals surface area contributed by atoms with Crippen molar-refractivity contribution in [3.63, 3.8) is 0 Å². The molecule has 136 valence electrons. The van der Waals surface area contributed by atoms with Crippen LogP contribution < -0.4 is 9.46 Å². The van der Waals surface area contributed by atoms with Crippen LogP contribution in [0.5, 0.6) is 5.75 Å². The Kier molecular flexibility index (Phi) is 4.71. The highest BCUT2D eigenvalue weighted by Gasteiger charge is 2.44. The van der Waals surface area contributed by atoms with Gasteiger partial charge in [0.25, 0.3) is 0 Å². The first kappa shape index (κ1) is 18.7. The maximum Gasteiger partial charge on any atom is 0.241 e. The van der Waals surface area contributed by atoms with Gasteiger partial charge in [-0.05, 0) is 50.2 Å². The van der Waals surface area contributed by atoms with Gasteiger partial charge in [0.15, 0.2) is 0 Å². The van der Waals surface area contributed by atoms with Crippen molar-refractivity contribution >= 4 is 21.6 Å². The molecule has 0 saturated heterocycles.